The Hall–Kier alpha value is -7.50. The van der Waals surface area contributed by atoms with Crippen LogP contribution in [0.3, 0.4) is 0 Å². The highest BCUT2D eigenvalue weighted by atomic mass is 15.6. The Kier molecular flexibility index (Phi) is 9.95. The molecule has 0 saturated carbocycles. The second-order valence-electron chi connectivity index (χ2n) is 15.7. The predicted octanol–water partition coefficient (Wildman–Crippen LogP) is 13.8. The molecule has 7 aromatic carbocycles. The molecule has 9 rings (SSSR count). The molecule has 5 nitrogen and oxygen atoms in total. The van der Waals surface area contributed by atoms with E-state index in [1.807, 2.05) is 18.2 Å². The number of fused-ring (bicyclic) bond motifs is 6. The number of nitrogens with zero attached hydrogens (tertiary/aromatic N) is 3. The van der Waals surface area contributed by atoms with Gasteiger partial charge >= 0.3 is 0 Å². The van der Waals surface area contributed by atoms with E-state index in [-0.39, 0.29) is 11.3 Å². The zero-order valence-corrected chi connectivity index (χ0v) is 34.4. The number of benzene rings is 7. The Morgan fingerprint density at radius 3 is 2.00 bits per heavy atom. The van der Waals surface area contributed by atoms with E-state index in [0.717, 1.165) is 72.1 Å². The molecule has 0 bridgehead atoms. The highest BCUT2D eigenvalue weighted by Crippen LogP contribution is 2.51. The minimum absolute atomic E-state index is 0.187. The fraction of sp³-hybridized carbons (Fsp3) is 0.0909. The molecule has 8 aromatic rings. The fourth-order valence-electron chi connectivity index (χ4n) is 8.94. The van der Waals surface area contributed by atoms with Gasteiger partial charge in [0.15, 0.2) is 5.84 Å². The second-order valence-corrected chi connectivity index (χ2v) is 15.7. The highest BCUT2D eigenvalue weighted by molar-refractivity contribution is 6.20. The van der Waals surface area contributed by atoms with Crippen LogP contribution in [0.4, 0.5) is 11.4 Å². The summed E-state index contributed by atoms with van der Waals surface area (Å²) >= 11 is 0. The normalized spacial score (nSPS) is 13.2. The number of allylic oxidation sites excluding steroid dienone is 5. The van der Waals surface area contributed by atoms with Gasteiger partial charge in [-0.2, -0.15) is 0 Å². The van der Waals surface area contributed by atoms with Crippen molar-refractivity contribution in [1.82, 2.24) is 9.99 Å². The second kappa shape index (κ2) is 15.7. The van der Waals surface area contributed by atoms with Crippen LogP contribution in [-0.2, 0) is 5.41 Å². The Morgan fingerprint density at radius 2 is 1.30 bits per heavy atom. The third-order valence-electron chi connectivity index (χ3n) is 11.8. The van der Waals surface area contributed by atoms with Gasteiger partial charge in [0.2, 0.25) is 0 Å². The predicted molar refractivity (Wildman–Crippen MR) is 256 cm³/mol. The lowest BCUT2D eigenvalue weighted by Crippen LogP contribution is -2.25. The lowest BCUT2D eigenvalue weighted by Gasteiger charge is -2.31. The molecule has 0 spiro atoms. The molecule has 0 atom stereocenters. The Bertz CT molecular complexity index is 3020. The third-order valence-corrected chi connectivity index (χ3v) is 11.8. The van der Waals surface area contributed by atoms with Crippen LogP contribution in [0.5, 0.6) is 0 Å². The van der Waals surface area contributed by atoms with Gasteiger partial charge in [-0.1, -0.05) is 154 Å². The molecule has 0 unspecified atom stereocenters. The maximum Gasteiger partial charge on any atom is 0.153 e. The third kappa shape index (κ3) is 6.45. The van der Waals surface area contributed by atoms with E-state index < -0.39 is 0 Å². The molecular formula is C55H47N5. The first-order valence-electron chi connectivity index (χ1n) is 20.5. The summed E-state index contributed by atoms with van der Waals surface area (Å²) < 4.78 is 2.42. The van der Waals surface area contributed by atoms with Gasteiger partial charge in [0.05, 0.1) is 28.7 Å². The Balaban J connectivity index is 1.42. The molecule has 1 aliphatic rings. The monoisotopic (exact) mass is 777 g/mol. The van der Waals surface area contributed by atoms with Crippen LogP contribution in [0.15, 0.2) is 194 Å². The van der Waals surface area contributed by atoms with Crippen molar-refractivity contribution in [2.75, 3.05) is 12.1 Å². The van der Waals surface area contributed by atoms with Crippen molar-refractivity contribution in [3.05, 3.63) is 211 Å². The van der Waals surface area contributed by atoms with Gasteiger partial charge in [-0.25, -0.2) is 14.7 Å². The van der Waals surface area contributed by atoms with Gasteiger partial charge in [0.1, 0.15) is 0 Å². The molecule has 0 aliphatic heterocycles. The summed E-state index contributed by atoms with van der Waals surface area (Å²) in [6, 6.07) is 56.8. The first-order chi connectivity index (χ1) is 29.3. The van der Waals surface area contributed by atoms with Crippen LogP contribution in [0.2, 0.25) is 0 Å². The number of anilines is 2. The first kappa shape index (κ1) is 38.0. The van der Waals surface area contributed by atoms with Crippen molar-refractivity contribution < 1.29 is 0 Å². The van der Waals surface area contributed by atoms with Crippen LogP contribution >= 0.6 is 0 Å². The molecule has 1 heterocycles. The van der Waals surface area contributed by atoms with E-state index in [2.05, 4.69) is 211 Å². The molecule has 0 saturated heterocycles. The average Bonchev–Trinajstić information content (AvgIpc) is 3.74. The minimum atomic E-state index is -0.204. The standard InChI is InChI=1S/C55H47N5/c1-6-16-37(17-7-2)41-26-33-51-48(34-41)52-44(38-18-10-8-11-19-38)31-32-45(39-20-12-9-13-21-39)53(52)60(51)59(42-27-24-40(25-28-42)54(56)58-36-57-5)43-29-30-47-46-22-14-15-23-49(46)55(3,4)50(47)35-43/h6-36H,1H2,2-5H3,(H2,56,57,58)/b17-7-,37-16+. The van der Waals surface area contributed by atoms with E-state index in [9.17, 15) is 0 Å². The number of amidine groups is 1. The zero-order valence-electron chi connectivity index (χ0n) is 34.4. The van der Waals surface area contributed by atoms with Crippen molar-refractivity contribution >= 4 is 50.9 Å². The smallest absolute Gasteiger partial charge is 0.153 e. The summed E-state index contributed by atoms with van der Waals surface area (Å²) in [7, 11) is 1.78. The first-order valence-corrected chi connectivity index (χ1v) is 20.5. The van der Waals surface area contributed by atoms with E-state index in [1.54, 1.807) is 13.4 Å². The van der Waals surface area contributed by atoms with Gasteiger partial charge in [-0.15, -0.1) is 0 Å². The topological polar surface area (TPSA) is 56.4 Å². The number of aromatic nitrogens is 1. The van der Waals surface area contributed by atoms with Gasteiger partial charge in [-0.3, -0.25) is 5.41 Å². The van der Waals surface area contributed by atoms with E-state index in [0.29, 0.717) is 0 Å². The molecule has 292 valence electrons. The molecule has 0 amide bonds. The number of nitrogens with one attached hydrogen (secondary N) is 2. The van der Waals surface area contributed by atoms with E-state index in [1.165, 1.54) is 22.3 Å². The molecular weight excluding hydrogens is 731 g/mol. The van der Waals surface area contributed by atoms with Gasteiger partial charge in [0.25, 0.3) is 0 Å². The Morgan fingerprint density at radius 1 is 0.683 bits per heavy atom. The molecule has 1 aliphatic carbocycles. The van der Waals surface area contributed by atoms with Gasteiger partial charge < -0.3 is 5.32 Å². The van der Waals surface area contributed by atoms with Gasteiger partial charge in [-0.05, 0) is 106 Å². The highest BCUT2D eigenvalue weighted by Gasteiger charge is 2.36. The number of hydrogen-bond donors (Lipinski definition) is 2. The quantitative estimate of drug-likeness (QED) is 0.0825. The van der Waals surface area contributed by atoms with Crippen LogP contribution in [0.25, 0.3) is 60.8 Å². The fourth-order valence-corrected chi connectivity index (χ4v) is 8.94. The molecule has 0 radical (unpaired) electrons. The number of rotatable bonds is 10. The van der Waals surface area contributed by atoms with Gasteiger partial charge in [0, 0.05) is 34.4 Å². The maximum absolute atomic E-state index is 8.69. The summed E-state index contributed by atoms with van der Waals surface area (Å²) in [5.74, 6) is 0.187. The minimum Gasteiger partial charge on any atom is -0.379 e. The largest absolute Gasteiger partial charge is 0.379 e. The molecule has 5 heteroatoms. The molecule has 60 heavy (non-hydrogen) atoms. The van der Waals surface area contributed by atoms with Crippen molar-refractivity contribution in [2.24, 2.45) is 4.99 Å². The molecule has 2 N–H and O–H groups in total. The average molecular weight is 778 g/mol. The summed E-state index contributed by atoms with van der Waals surface area (Å²) in [5, 5.41) is 16.3. The number of hydrogen-bond acceptors (Lipinski definition) is 2. The van der Waals surface area contributed by atoms with Crippen molar-refractivity contribution in [3.63, 3.8) is 0 Å². The molecule has 1 aromatic heterocycles. The Labute approximate surface area is 352 Å². The summed E-state index contributed by atoms with van der Waals surface area (Å²) in [4.78, 5) is 4.30. The summed E-state index contributed by atoms with van der Waals surface area (Å²) in [6.45, 7) is 10.8. The van der Waals surface area contributed by atoms with Crippen LogP contribution in [0.1, 0.15) is 43.0 Å². The van der Waals surface area contributed by atoms with Crippen LogP contribution in [-0.4, -0.2) is 23.9 Å². The zero-order chi connectivity index (χ0) is 41.4. The SMILES string of the molecule is C=C/C=C(\C=C/C)c1ccc2c(c1)c1c(-c3ccccc3)ccc(-c3ccccc3)c1n2N(c1ccc(C(=N)N=CNC)cc1)c1ccc2c(c1)C(C)(C)c1ccccc1-2. The lowest BCUT2D eigenvalue weighted by molar-refractivity contribution is 0.660. The van der Waals surface area contributed by atoms with Crippen molar-refractivity contribution in [1.29, 1.82) is 5.41 Å². The number of aliphatic imine (C=N–C) groups is 1. The van der Waals surface area contributed by atoms with E-state index in [4.69, 9.17) is 5.41 Å². The van der Waals surface area contributed by atoms with Crippen molar-refractivity contribution in [3.8, 4) is 33.4 Å². The lowest BCUT2D eigenvalue weighted by atomic mass is 9.82. The summed E-state index contributed by atoms with van der Waals surface area (Å²) in [5.41, 5.74) is 16.6. The summed E-state index contributed by atoms with van der Waals surface area (Å²) in [6.07, 6.45) is 9.69. The maximum atomic E-state index is 8.69. The van der Waals surface area contributed by atoms with Crippen molar-refractivity contribution in [2.45, 2.75) is 26.2 Å². The van der Waals surface area contributed by atoms with E-state index >= 15 is 0 Å². The van der Waals surface area contributed by atoms with Crippen LogP contribution in [0, 0.1) is 5.41 Å². The van der Waals surface area contributed by atoms with Crippen LogP contribution < -0.4 is 10.3 Å². The molecule has 0 fully saturated rings.